The van der Waals surface area contributed by atoms with Crippen molar-refractivity contribution in [3.63, 3.8) is 0 Å². The number of benzene rings is 2. The Morgan fingerprint density at radius 3 is 2.60 bits per heavy atom. The van der Waals surface area contributed by atoms with Crippen LogP contribution in [0.5, 0.6) is 0 Å². The van der Waals surface area contributed by atoms with Gasteiger partial charge in [0.1, 0.15) is 6.54 Å². The van der Waals surface area contributed by atoms with Crippen LogP contribution in [0.15, 0.2) is 83.6 Å². The quantitative estimate of drug-likeness (QED) is 0.298. The average Bonchev–Trinajstić information content (AvgIpc) is 3.15. The topological polar surface area (TPSA) is 81.3 Å². The van der Waals surface area contributed by atoms with Crippen LogP contribution in [0.1, 0.15) is 5.69 Å². The van der Waals surface area contributed by atoms with Gasteiger partial charge in [0, 0.05) is 45.6 Å². The fourth-order valence-electron chi connectivity index (χ4n) is 3.27. The Balaban J connectivity index is 1.64. The second-order valence-corrected chi connectivity index (χ2v) is 7.64. The first-order chi connectivity index (χ1) is 14.5. The van der Waals surface area contributed by atoms with Crippen molar-refractivity contribution in [3.05, 3.63) is 99.4 Å². The Kier molecular flexibility index (Phi) is 5.58. The number of carbonyl (C=O) groups excluding carboxylic acids is 1. The number of aromatic nitrogens is 2. The molecule has 150 valence electrons. The molecule has 0 N–H and O–H groups in total. The van der Waals surface area contributed by atoms with E-state index < -0.39 is 4.92 Å². The van der Waals surface area contributed by atoms with Crippen LogP contribution in [0.25, 0.3) is 10.9 Å². The van der Waals surface area contributed by atoms with Gasteiger partial charge in [-0.3, -0.25) is 19.9 Å². The van der Waals surface area contributed by atoms with Gasteiger partial charge in [-0.2, -0.15) is 0 Å². The van der Waals surface area contributed by atoms with E-state index >= 15 is 0 Å². The standard InChI is InChI=1S/C22H17BrN4O3/c23-17-4-6-19(7-5-17)26(14-18-3-1-2-11-24-18)22(28)15-25-12-10-16-13-20(27(29)30)8-9-21(16)25/h1-13H,14-15H2. The van der Waals surface area contributed by atoms with Crippen LogP contribution >= 0.6 is 15.9 Å². The van der Waals surface area contributed by atoms with Crippen LogP contribution < -0.4 is 4.90 Å². The van der Waals surface area contributed by atoms with Crippen LogP contribution in [-0.4, -0.2) is 20.4 Å². The number of halogens is 1. The van der Waals surface area contributed by atoms with Crippen LogP contribution in [0, 0.1) is 10.1 Å². The molecule has 8 heteroatoms. The number of hydrogen-bond acceptors (Lipinski definition) is 4. The third-order valence-corrected chi connectivity index (χ3v) is 5.29. The predicted octanol–water partition coefficient (Wildman–Crippen LogP) is 4.94. The van der Waals surface area contributed by atoms with E-state index in [0.717, 1.165) is 26.8 Å². The zero-order valence-corrected chi connectivity index (χ0v) is 17.4. The Morgan fingerprint density at radius 1 is 1.10 bits per heavy atom. The van der Waals surface area contributed by atoms with Crippen LogP contribution in [0.4, 0.5) is 11.4 Å². The number of amides is 1. The average molecular weight is 465 g/mol. The Labute approximate surface area is 180 Å². The second-order valence-electron chi connectivity index (χ2n) is 6.72. The minimum atomic E-state index is -0.427. The van der Waals surface area contributed by atoms with E-state index in [9.17, 15) is 14.9 Å². The molecule has 0 aliphatic heterocycles. The lowest BCUT2D eigenvalue weighted by Crippen LogP contribution is -2.33. The molecule has 0 fully saturated rings. The van der Waals surface area contributed by atoms with Crippen molar-refractivity contribution >= 4 is 44.1 Å². The van der Waals surface area contributed by atoms with Gasteiger partial charge in [0.15, 0.2) is 0 Å². The van der Waals surface area contributed by atoms with Crippen molar-refractivity contribution < 1.29 is 9.72 Å². The van der Waals surface area contributed by atoms with E-state index in [1.165, 1.54) is 12.1 Å². The van der Waals surface area contributed by atoms with Crippen molar-refractivity contribution in [1.29, 1.82) is 0 Å². The number of rotatable bonds is 6. The lowest BCUT2D eigenvalue weighted by Gasteiger charge is -2.23. The number of hydrogen-bond donors (Lipinski definition) is 0. The summed E-state index contributed by atoms with van der Waals surface area (Å²) in [5, 5.41) is 11.7. The van der Waals surface area contributed by atoms with Crippen molar-refractivity contribution in [2.45, 2.75) is 13.1 Å². The molecule has 4 rings (SSSR count). The van der Waals surface area contributed by atoms with Crippen LogP contribution in [0.2, 0.25) is 0 Å². The SMILES string of the molecule is O=C(Cn1ccc2cc([N+](=O)[O-])ccc21)N(Cc1ccccn1)c1ccc(Br)cc1. The lowest BCUT2D eigenvalue weighted by atomic mass is 10.2. The van der Waals surface area contributed by atoms with E-state index in [4.69, 9.17) is 0 Å². The lowest BCUT2D eigenvalue weighted by molar-refractivity contribution is -0.384. The van der Waals surface area contributed by atoms with Crippen molar-refractivity contribution in [3.8, 4) is 0 Å². The van der Waals surface area contributed by atoms with Gasteiger partial charge < -0.3 is 9.47 Å². The van der Waals surface area contributed by atoms with Gasteiger partial charge in [-0.05, 0) is 48.5 Å². The number of pyridine rings is 1. The summed E-state index contributed by atoms with van der Waals surface area (Å²) in [4.78, 5) is 29.9. The van der Waals surface area contributed by atoms with E-state index in [0.29, 0.717) is 6.54 Å². The number of non-ortho nitro benzene ring substituents is 1. The third kappa shape index (κ3) is 4.23. The molecule has 0 unspecified atom stereocenters. The van der Waals surface area contributed by atoms with Crippen molar-refractivity contribution in [2.75, 3.05) is 4.90 Å². The first-order valence-corrected chi connectivity index (χ1v) is 10.00. The van der Waals surface area contributed by atoms with E-state index in [1.54, 1.807) is 34.0 Å². The minimum Gasteiger partial charge on any atom is -0.338 e. The number of anilines is 1. The van der Waals surface area contributed by atoms with E-state index in [-0.39, 0.29) is 18.1 Å². The van der Waals surface area contributed by atoms with Crippen molar-refractivity contribution in [1.82, 2.24) is 9.55 Å². The van der Waals surface area contributed by atoms with Gasteiger partial charge in [-0.25, -0.2) is 0 Å². The maximum absolute atomic E-state index is 13.3. The predicted molar refractivity (Wildman–Crippen MR) is 118 cm³/mol. The first-order valence-electron chi connectivity index (χ1n) is 9.20. The molecular weight excluding hydrogens is 448 g/mol. The molecule has 0 spiro atoms. The summed E-state index contributed by atoms with van der Waals surface area (Å²) >= 11 is 3.42. The van der Waals surface area contributed by atoms with Crippen LogP contribution in [0.3, 0.4) is 0 Å². The third-order valence-electron chi connectivity index (χ3n) is 4.76. The molecule has 0 radical (unpaired) electrons. The van der Waals surface area contributed by atoms with E-state index in [1.807, 2.05) is 42.5 Å². The largest absolute Gasteiger partial charge is 0.338 e. The normalized spacial score (nSPS) is 10.8. The molecule has 2 aromatic carbocycles. The van der Waals surface area contributed by atoms with Crippen LogP contribution in [-0.2, 0) is 17.9 Å². The zero-order valence-electron chi connectivity index (χ0n) is 15.8. The Bertz CT molecular complexity index is 1210. The number of carbonyl (C=O) groups is 1. The molecule has 0 atom stereocenters. The number of nitrogens with zero attached hydrogens (tertiary/aromatic N) is 4. The fourth-order valence-corrected chi connectivity index (χ4v) is 3.53. The number of fused-ring (bicyclic) bond motifs is 1. The minimum absolute atomic E-state index is 0.0261. The summed E-state index contributed by atoms with van der Waals surface area (Å²) in [5.74, 6) is -0.112. The Morgan fingerprint density at radius 2 is 1.90 bits per heavy atom. The molecule has 30 heavy (non-hydrogen) atoms. The molecular formula is C22H17BrN4O3. The van der Waals surface area contributed by atoms with Gasteiger partial charge in [0.25, 0.3) is 5.69 Å². The first kappa shape index (κ1) is 19.8. The second kappa shape index (κ2) is 8.46. The molecule has 0 saturated carbocycles. The fraction of sp³-hybridized carbons (Fsp3) is 0.0909. The maximum Gasteiger partial charge on any atom is 0.270 e. The molecule has 0 aliphatic rings. The number of nitro benzene ring substituents is 1. The van der Waals surface area contributed by atoms with Gasteiger partial charge in [-0.1, -0.05) is 22.0 Å². The van der Waals surface area contributed by atoms with Gasteiger partial charge >= 0.3 is 0 Å². The molecule has 7 nitrogen and oxygen atoms in total. The summed E-state index contributed by atoms with van der Waals surface area (Å²) < 4.78 is 2.72. The molecule has 2 heterocycles. The summed E-state index contributed by atoms with van der Waals surface area (Å²) in [6, 6.07) is 19.5. The number of nitro groups is 1. The highest BCUT2D eigenvalue weighted by molar-refractivity contribution is 9.10. The highest BCUT2D eigenvalue weighted by Gasteiger charge is 2.19. The molecule has 0 bridgehead atoms. The molecule has 4 aromatic rings. The van der Waals surface area contributed by atoms with Gasteiger partial charge in [0.05, 0.1) is 17.2 Å². The highest BCUT2D eigenvalue weighted by atomic mass is 79.9. The molecule has 1 amide bonds. The van der Waals surface area contributed by atoms with E-state index in [2.05, 4.69) is 20.9 Å². The van der Waals surface area contributed by atoms with Gasteiger partial charge in [-0.15, -0.1) is 0 Å². The summed E-state index contributed by atoms with van der Waals surface area (Å²) in [7, 11) is 0. The molecule has 2 aromatic heterocycles. The summed E-state index contributed by atoms with van der Waals surface area (Å²) in [6.45, 7) is 0.441. The Hall–Kier alpha value is -3.52. The maximum atomic E-state index is 13.3. The summed E-state index contributed by atoms with van der Waals surface area (Å²) in [6.07, 6.45) is 3.47. The molecule has 0 saturated heterocycles. The highest BCUT2D eigenvalue weighted by Crippen LogP contribution is 2.24. The summed E-state index contributed by atoms with van der Waals surface area (Å²) in [5.41, 5.74) is 2.34. The van der Waals surface area contributed by atoms with Gasteiger partial charge in [0.2, 0.25) is 5.91 Å². The zero-order chi connectivity index (χ0) is 21.1. The molecule has 0 aliphatic carbocycles. The smallest absolute Gasteiger partial charge is 0.270 e. The monoisotopic (exact) mass is 464 g/mol. The van der Waals surface area contributed by atoms with Crippen molar-refractivity contribution in [2.24, 2.45) is 0 Å².